The van der Waals surface area contributed by atoms with Crippen LogP contribution in [-0.2, 0) is 7.05 Å². The number of hydrogen-bond acceptors (Lipinski definition) is 3. The lowest BCUT2D eigenvalue weighted by molar-refractivity contribution is 0.0936. The van der Waals surface area contributed by atoms with Gasteiger partial charge in [0.25, 0.3) is 5.91 Å². The van der Waals surface area contributed by atoms with Crippen LogP contribution in [0.15, 0.2) is 6.33 Å². The van der Waals surface area contributed by atoms with E-state index >= 15 is 0 Å². The maximum Gasteiger partial charge on any atom is 0.271 e. The molecule has 0 saturated heterocycles. The molecule has 0 aliphatic heterocycles. The molecule has 0 aliphatic carbocycles. The summed E-state index contributed by atoms with van der Waals surface area (Å²) in [5.74, 6) is 0.0770. The molecular formula is C8H14N4O. The lowest BCUT2D eigenvalue weighted by atomic mass is 10.3. The Morgan fingerprint density at radius 1 is 1.69 bits per heavy atom. The lowest BCUT2D eigenvalue weighted by Crippen LogP contribution is -2.31. The Bertz CT molecular complexity index is 296. The van der Waals surface area contributed by atoms with E-state index in [1.54, 1.807) is 11.6 Å². The lowest BCUT2D eigenvalue weighted by Gasteiger charge is -2.08. The molecule has 0 atom stereocenters. The number of aromatic nitrogens is 2. The molecule has 1 amide bonds. The third-order valence-corrected chi connectivity index (χ3v) is 1.60. The van der Waals surface area contributed by atoms with Crippen molar-refractivity contribution >= 4 is 11.7 Å². The summed E-state index contributed by atoms with van der Waals surface area (Å²) in [7, 11) is 1.73. The van der Waals surface area contributed by atoms with E-state index in [9.17, 15) is 4.79 Å². The molecule has 1 heterocycles. The SMILES string of the molecule is CC(C)NC(=O)c1c(N)ncn1C. The Hall–Kier alpha value is -1.52. The summed E-state index contributed by atoms with van der Waals surface area (Å²) >= 11 is 0. The smallest absolute Gasteiger partial charge is 0.271 e. The van der Waals surface area contributed by atoms with E-state index in [0.29, 0.717) is 5.69 Å². The van der Waals surface area contributed by atoms with Crippen LogP contribution in [0.2, 0.25) is 0 Å². The minimum Gasteiger partial charge on any atom is -0.382 e. The maximum atomic E-state index is 11.5. The minimum atomic E-state index is -0.187. The van der Waals surface area contributed by atoms with Crippen LogP contribution in [0.1, 0.15) is 24.3 Å². The van der Waals surface area contributed by atoms with Crippen LogP contribution in [0.3, 0.4) is 0 Å². The summed E-state index contributed by atoms with van der Waals surface area (Å²) in [5.41, 5.74) is 5.94. The van der Waals surface area contributed by atoms with Crippen molar-refractivity contribution in [3.05, 3.63) is 12.0 Å². The van der Waals surface area contributed by atoms with E-state index in [-0.39, 0.29) is 17.8 Å². The number of nitrogen functional groups attached to an aromatic ring is 1. The summed E-state index contributed by atoms with van der Waals surface area (Å²) < 4.78 is 1.60. The normalized spacial score (nSPS) is 10.5. The summed E-state index contributed by atoms with van der Waals surface area (Å²) in [6.07, 6.45) is 1.52. The monoisotopic (exact) mass is 182 g/mol. The third-order valence-electron chi connectivity index (χ3n) is 1.60. The van der Waals surface area contributed by atoms with Crippen LogP contribution in [0.4, 0.5) is 5.82 Å². The Labute approximate surface area is 76.9 Å². The molecular weight excluding hydrogens is 168 g/mol. The summed E-state index contributed by atoms with van der Waals surface area (Å²) in [5, 5.41) is 2.75. The van der Waals surface area contributed by atoms with Crippen LogP contribution >= 0.6 is 0 Å². The summed E-state index contributed by atoms with van der Waals surface area (Å²) in [6, 6.07) is 0.0989. The number of nitrogens with one attached hydrogen (secondary N) is 1. The Morgan fingerprint density at radius 2 is 2.31 bits per heavy atom. The van der Waals surface area contributed by atoms with Crippen LogP contribution in [0.5, 0.6) is 0 Å². The predicted octanol–water partition coefficient (Wildman–Crippen LogP) is 0.140. The van der Waals surface area contributed by atoms with Crippen molar-refractivity contribution in [2.75, 3.05) is 5.73 Å². The van der Waals surface area contributed by atoms with E-state index in [2.05, 4.69) is 10.3 Å². The number of hydrogen-bond donors (Lipinski definition) is 2. The number of rotatable bonds is 2. The second-order valence-electron chi connectivity index (χ2n) is 3.22. The van der Waals surface area contributed by atoms with Gasteiger partial charge in [0, 0.05) is 13.1 Å². The third kappa shape index (κ3) is 1.99. The molecule has 72 valence electrons. The Morgan fingerprint density at radius 3 is 2.69 bits per heavy atom. The van der Waals surface area contributed by atoms with Gasteiger partial charge in [0.05, 0.1) is 6.33 Å². The number of amides is 1. The number of anilines is 1. The van der Waals surface area contributed by atoms with Gasteiger partial charge in [0.15, 0.2) is 11.5 Å². The van der Waals surface area contributed by atoms with Crippen molar-refractivity contribution in [3.8, 4) is 0 Å². The highest BCUT2D eigenvalue weighted by molar-refractivity contribution is 5.96. The molecule has 0 unspecified atom stereocenters. The van der Waals surface area contributed by atoms with Gasteiger partial charge in [0.2, 0.25) is 0 Å². The number of nitrogens with zero attached hydrogens (tertiary/aromatic N) is 2. The fourth-order valence-corrected chi connectivity index (χ4v) is 1.06. The Balaban J connectivity index is 2.88. The predicted molar refractivity (Wildman–Crippen MR) is 50.2 cm³/mol. The standard InChI is InChI=1S/C8H14N4O/c1-5(2)11-8(13)6-7(9)10-4-12(6)3/h4-5H,9H2,1-3H3,(H,11,13). The molecule has 5 heteroatoms. The van der Waals surface area contributed by atoms with Gasteiger partial charge < -0.3 is 15.6 Å². The molecule has 5 nitrogen and oxygen atoms in total. The van der Waals surface area contributed by atoms with E-state index < -0.39 is 0 Å². The van der Waals surface area contributed by atoms with E-state index in [4.69, 9.17) is 5.73 Å². The van der Waals surface area contributed by atoms with Crippen molar-refractivity contribution in [3.63, 3.8) is 0 Å². The fraction of sp³-hybridized carbons (Fsp3) is 0.500. The van der Waals surface area contributed by atoms with Crippen molar-refractivity contribution < 1.29 is 4.79 Å². The molecule has 0 bridgehead atoms. The maximum absolute atomic E-state index is 11.5. The topological polar surface area (TPSA) is 72.9 Å². The molecule has 0 aliphatic rings. The molecule has 0 fully saturated rings. The summed E-state index contributed by atoms with van der Waals surface area (Å²) in [6.45, 7) is 3.79. The first-order chi connectivity index (χ1) is 6.02. The Kier molecular flexibility index (Phi) is 2.55. The first-order valence-electron chi connectivity index (χ1n) is 4.10. The van der Waals surface area contributed by atoms with E-state index in [1.165, 1.54) is 6.33 Å². The average molecular weight is 182 g/mol. The molecule has 3 N–H and O–H groups in total. The zero-order chi connectivity index (χ0) is 10.0. The number of imidazole rings is 1. The number of nitrogens with two attached hydrogens (primary N) is 1. The van der Waals surface area contributed by atoms with Gasteiger partial charge >= 0.3 is 0 Å². The molecule has 1 rings (SSSR count). The fourth-order valence-electron chi connectivity index (χ4n) is 1.06. The summed E-state index contributed by atoms with van der Waals surface area (Å²) in [4.78, 5) is 15.3. The van der Waals surface area contributed by atoms with Crippen molar-refractivity contribution in [2.45, 2.75) is 19.9 Å². The number of aryl methyl sites for hydroxylation is 1. The van der Waals surface area contributed by atoms with Gasteiger partial charge in [0.1, 0.15) is 0 Å². The zero-order valence-electron chi connectivity index (χ0n) is 8.03. The second-order valence-corrected chi connectivity index (χ2v) is 3.22. The number of carbonyl (C=O) groups excluding carboxylic acids is 1. The highest BCUT2D eigenvalue weighted by Crippen LogP contribution is 2.07. The quantitative estimate of drug-likeness (QED) is 0.683. The van der Waals surface area contributed by atoms with Gasteiger partial charge in [-0.05, 0) is 13.8 Å². The van der Waals surface area contributed by atoms with E-state index in [1.807, 2.05) is 13.8 Å². The van der Waals surface area contributed by atoms with Gasteiger partial charge in [-0.1, -0.05) is 0 Å². The van der Waals surface area contributed by atoms with E-state index in [0.717, 1.165) is 0 Å². The minimum absolute atomic E-state index is 0.0989. The molecule has 0 radical (unpaired) electrons. The molecule has 13 heavy (non-hydrogen) atoms. The highest BCUT2D eigenvalue weighted by Gasteiger charge is 2.14. The van der Waals surface area contributed by atoms with Gasteiger partial charge in [-0.3, -0.25) is 4.79 Å². The van der Waals surface area contributed by atoms with Crippen LogP contribution in [0.25, 0.3) is 0 Å². The zero-order valence-corrected chi connectivity index (χ0v) is 8.03. The first-order valence-corrected chi connectivity index (χ1v) is 4.10. The van der Waals surface area contributed by atoms with Gasteiger partial charge in [-0.2, -0.15) is 0 Å². The van der Waals surface area contributed by atoms with Gasteiger partial charge in [-0.15, -0.1) is 0 Å². The molecule has 1 aromatic heterocycles. The van der Waals surface area contributed by atoms with Crippen molar-refractivity contribution in [1.29, 1.82) is 0 Å². The largest absolute Gasteiger partial charge is 0.382 e. The molecule has 1 aromatic rings. The van der Waals surface area contributed by atoms with Crippen LogP contribution in [-0.4, -0.2) is 21.5 Å². The average Bonchev–Trinajstić information content (AvgIpc) is 2.29. The molecule has 0 aromatic carbocycles. The number of carbonyl (C=O) groups is 1. The molecule has 0 saturated carbocycles. The molecule has 0 spiro atoms. The van der Waals surface area contributed by atoms with Crippen molar-refractivity contribution in [1.82, 2.24) is 14.9 Å². The first kappa shape index (κ1) is 9.57. The van der Waals surface area contributed by atoms with Gasteiger partial charge in [-0.25, -0.2) is 4.98 Å². The van der Waals surface area contributed by atoms with Crippen molar-refractivity contribution in [2.24, 2.45) is 7.05 Å². The second kappa shape index (κ2) is 3.47. The van der Waals surface area contributed by atoms with Crippen LogP contribution < -0.4 is 11.1 Å². The highest BCUT2D eigenvalue weighted by atomic mass is 16.2. The van der Waals surface area contributed by atoms with Crippen LogP contribution in [0, 0.1) is 0 Å².